The molecule has 1 unspecified atom stereocenters. The lowest BCUT2D eigenvalue weighted by Gasteiger charge is -2.49. The number of esters is 1. The van der Waals surface area contributed by atoms with Gasteiger partial charge in [-0.3, -0.25) is 14.5 Å². The fourth-order valence-corrected chi connectivity index (χ4v) is 6.73. The summed E-state index contributed by atoms with van der Waals surface area (Å²) < 4.78 is 11.5. The summed E-state index contributed by atoms with van der Waals surface area (Å²) in [6.45, 7) is 5.08. The Morgan fingerprint density at radius 2 is 1.58 bits per heavy atom. The molecule has 3 aromatic rings. The van der Waals surface area contributed by atoms with E-state index in [0.29, 0.717) is 16.9 Å². The van der Waals surface area contributed by atoms with E-state index in [1.54, 1.807) is 32.9 Å². The lowest BCUT2D eigenvalue weighted by Crippen LogP contribution is -2.71. The number of aromatic hydroxyl groups is 1. The molecule has 3 amide bonds. The van der Waals surface area contributed by atoms with Crippen molar-refractivity contribution in [3.05, 3.63) is 125 Å². The zero-order chi connectivity index (χ0) is 34.4. The number of thioether (sulfide) groups is 1. The van der Waals surface area contributed by atoms with Gasteiger partial charge in [-0.2, -0.15) is 0 Å². The number of halogens is 1. The average Bonchev–Trinajstić information content (AvgIpc) is 3.07. The predicted octanol–water partition coefficient (Wildman–Crippen LogP) is 5.74. The van der Waals surface area contributed by atoms with Crippen LogP contribution in [0.25, 0.3) is 0 Å². The van der Waals surface area contributed by atoms with E-state index in [2.05, 4.69) is 10.6 Å². The highest BCUT2D eigenvalue weighted by atomic mass is 35.5. The van der Waals surface area contributed by atoms with Crippen molar-refractivity contribution >= 4 is 47.2 Å². The first kappa shape index (κ1) is 34.6. The number of β-lactam (4-membered cyclic amide) rings is 1. The van der Waals surface area contributed by atoms with Crippen LogP contribution in [0, 0.1) is 0 Å². The third kappa shape index (κ3) is 8.03. The molecule has 0 aliphatic carbocycles. The van der Waals surface area contributed by atoms with E-state index in [0.717, 1.165) is 11.1 Å². The minimum Gasteiger partial charge on any atom is -0.508 e. The second-order valence-electron chi connectivity index (χ2n) is 12.1. The van der Waals surface area contributed by atoms with Crippen molar-refractivity contribution in [3.63, 3.8) is 0 Å². The number of hydrogen-bond acceptors (Lipinski definition) is 8. The lowest BCUT2D eigenvalue weighted by atomic mass is 9.99. The highest BCUT2D eigenvalue weighted by Crippen LogP contribution is 2.42. The van der Waals surface area contributed by atoms with Crippen LogP contribution in [-0.4, -0.2) is 62.5 Å². The lowest BCUT2D eigenvalue weighted by molar-refractivity contribution is -0.154. The van der Waals surface area contributed by atoms with E-state index in [1.807, 2.05) is 60.7 Å². The van der Waals surface area contributed by atoms with Crippen molar-refractivity contribution in [1.29, 1.82) is 0 Å². The molecule has 12 heteroatoms. The minimum atomic E-state index is -1.24. The van der Waals surface area contributed by atoms with Crippen LogP contribution < -0.4 is 10.6 Å². The third-order valence-corrected chi connectivity index (χ3v) is 8.96. The number of alkyl halides is 1. The number of phenols is 1. The van der Waals surface area contributed by atoms with Gasteiger partial charge in [0.1, 0.15) is 34.5 Å². The molecule has 10 nitrogen and oxygen atoms in total. The molecule has 0 bridgehead atoms. The number of fused-ring (bicyclic) bond motifs is 1. The Labute approximate surface area is 288 Å². The van der Waals surface area contributed by atoms with E-state index < -0.39 is 53.0 Å². The van der Waals surface area contributed by atoms with Crippen molar-refractivity contribution < 1.29 is 33.8 Å². The van der Waals surface area contributed by atoms with Crippen molar-refractivity contribution in [3.8, 4) is 5.75 Å². The van der Waals surface area contributed by atoms with Gasteiger partial charge < -0.3 is 25.2 Å². The van der Waals surface area contributed by atoms with E-state index in [1.165, 1.54) is 40.9 Å². The van der Waals surface area contributed by atoms with Gasteiger partial charge in [0.2, 0.25) is 5.91 Å². The molecule has 0 aromatic heterocycles. The smallest absolute Gasteiger partial charge is 0.408 e. The molecule has 2 aliphatic heterocycles. The Morgan fingerprint density at radius 3 is 2.15 bits per heavy atom. The minimum absolute atomic E-state index is 0.0226. The van der Waals surface area contributed by atoms with E-state index in [4.69, 9.17) is 21.1 Å². The number of carbonyl (C=O) groups is 4. The number of benzene rings is 3. The number of allylic oxidation sites excluding steroid dienone is 2. The molecule has 250 valence electrons. The first-order valence-electron chi connectivity index (χ1n) is 15.3. The highest BCUT2D eigenvalue weighted by Gasteiger charge is 2.55. The van der Waals surface area contributed by atoms with Gasteiger partial charge in [-0.25, -0.2) is 9.59 Å². The van der Waals surface area contributed by atoms with Crippen molar-refractivity contribution in [2.45, 2.75) is 49.9 Å². The van der Waals surface area contributed by atoms with Crippen LogP contribution in [-0.2, 0) is 23.9 Å². The molecule has 2 heterocycles. The summed E-state index contributed by atoms with van der Waals surface area (Å²) in [5.41, 5.74) is 1.70. The predicted molar refractivity (Wildman–Crippen MR) is 183 cm³/mol. The number of rotatable bonds is 10. The van der Waals surface area contributed by atoms with E-state index in [9.17, 15) is 24.3 Å². The Hall–Kier alpha value is -4.74. The van der Waals surface area contributed by atoms with Gasteiger partial charge in [0.25, 0.3) is 5.91 Å². The first-order valence-corrected chi connectivity index (χ1v) is 16.8. The normalized spacial score (nSPS) is 18.2. The fourth-order valence-electron chi connectivity index (χ4n) is 5.32. The summed E-state index contributed by atoms with van der Waals surface area (Å²) in [6.07, 6.45) is 1.82. The summed E-state index contributed by atoms with van der Waals surface area (Å²) in [6, 6.07) is 22.1. The molecule has 3 atom stereocenters. The number of nitrogens with one attached hydrogen (secondary N) is 2. The Morgan fingerprint density at radius 1 is 0.979 bits per heavy atom. The van der Waals surface area contributed by atoms with Crippen LogP contribution in [0.5, 0.6) is 5.75 Å². The molecule has 0 radical (unpaired) electrons. The summed E-state index contributed by atoms with van der Waals surface area (Å²) >= 11 is 7.30. The van der Waals surface area contributed by atoms with Gasteiger partial charge >= 0.3 is 12.1 Å². The van der Waals surface area contributed by atoms with Gasteiger partial charge in [-0.15, -0.1) is 23.4 Å². The van der Waals surface area contributed by atoms with E-state index >= 15 is 0 Å². The third-order valence-electron chi connectivity index (χ3n) is 7.48. The highest BCUT2D eigenvalue weighted by molar-refractivity contribution is 8.00. The zero-order valence-electron chi connectivity index (χ0n) is 26.6. The van der Waals surface area contributed by atoms with Crippen LogP contribution in [0.2, 0.25) is 0 Å². The number of alkyl carbamates (subject to hydrolysis) is 1. The van der Waals surface area contributed by atoms with Crippen molar-refractivity contribution in [2.75, 3.05) is 11.6 Å². The Bertz CT molecular complexity index is 1670. The number of nitrogens with zero attached hydrogens (tertiary/aromatic N) is 1. The molecule has 48 heavy (non-hydrogen) atoms. The van der Waals surface area contributed by atoms with E-state index in [-0.39, 0.29) is 17.3 Å². The molecule has 5 rings (SSSR count). The summed E-state index contributed by atoms with van der Waals surface area (Å²) in [5.74, 6) is -1.35. The van der Waals surface area contributed by atoms with Crippen LogP contribution in [0.3, 0.4) is 0 Å². The molecule has 3 aromatic carbocycles. The van der Waals surface area contributed by atoms with Gasteiger partial charge in [0.15, 0.2) is 6.10 Å². The number of hydrogen-bond donors (Lipinski definition) is 3. The monoisotopic (exact) mass is 689 g/mol. The zero-order valence-corrected chi connectivity index (χ0v) is 28.2. The maximum absolute atomic E-state index is 14.0. The second kappa shape index (κ2) is 15.0. The van der Waals surface area contributed by atoms with Crippen molar-refractivity contribution in [1.82, 2.24) is 15.5 Å². The SMILES string of the molecule is CC(C)(C)OC(=O)NC(C(=O)N[C@@H]1C(=O)N2C(C(=O)OC(c3ccccc3)c3ccccc3)=C(C=CCCl)CS[C@@H]12)c1ccc(O)cc1. The fraction of sp³-hybridized carbons (Fsp3) is 0.278. The standard InChI is InChI=1S/C36H36ClN3O7S/c1-36(2,3)47-35(45)39-27(22-16-18-26(41)19-17-22)31(42)38-28-32(43)40-29(25(15-10-20-37)21-48-33(28)40)34(44)46-30(23-11-6-4-7-12-23)24-13-8-5-9-14-24/h4-19,27-28,30,33,41H,20-21H2,1-3H3,(H,38,42)(H,39,45)/t27?,28-,33+/m1/s1. The van der Waals surface area contributed by atoms with Gasteiger partial charge in [-0.05, 0) is 55.2 Å². The average molecular weight is 690 g/mol. The second-order valence-corrected chi connectivity index (χ2v) is 13.5. The number of amides is 3. The van der Waals surface area contributed by atoms with Crippen LogP contribution in [0.15, 0.2) is 108 Å². The molecule has 1 fully saturated rings. The first-order chi connectivity index (χ1) is 23.0. The Balaban J connectivity index is 1.39. The molecule has 0 spiro atoms. The van der Waals surface area contributed by atoms with Crippen LogP contribution >= 0.6 is 23.4 Å². The van der Waals surface area contributed by atoms with Gasteiger partial charge in [-0.1, -0.05) is 84.9 Å². The number of ether oxygens (including phenoxy) is 2. The molecule has 3 N–H and O–H groups in total. The summed E-state index contributed by atoms with van der Waals surface area (Å²) in [7, 11) is 0. The summed E-state index contributed by atoms with van der Waals surface area (Å²) in [5, 5.41) is 14.5. The molecule has 0 saturated carbocycles. The Kier molecular flexibility index (Phi) is 10.8. The largest absolute Gasteiger partial charge is 0.508 e. The number of phenolic OH excluding ortho intramolecular Hbond substituents is 1. The maximum atomic E-state index is 14.0. The summed E-state index contributed by atoms with van der Waals surface area (Å²) in [4.78, 5) is 55.5. The number of carbonyl (C=O) groups excluding carboxylic acids is 4. The van der Waals surface area contributed by atoms with Gasteiger partial charge in [0, 0.05) is 11.6 Å². The molecule has 2 aliphatic rings. The van der Waals surface area contributed by atoms with Crippen LogP contribution in [0.1, 0.15) is 49.6 Å². The van der Waals surface area contributed by atoms with Crippen LogP contribution in [0.4, 0.5) is 4.79 Å². The molecule has 1 saturated heterocycles. The quantitative estimate of drug-likeness (QED) is 0.139. The topological polar surface area (TPSA) is 134 Å². The maximum Gasteiger partial charge on any atom is 0.408 e. The molecular formula is C36H36ClN3O7S. The molecular weight excluding hydrogens is 654 g/mol. The van der Waals surface area contributed by atoms with Crippen molar-refractivity contribution in [2.24, 2.45) is 0 Å². The van der Waals surface area contributed by atoms with Gasteiger partial charge in [0.05, 0.1) is 0 Å².